The molecule has 1 aliphatic rings. The van der Waals surface area contributed by atoms with Crippen molar-refractivity contribution in [2.45, 2.75) is 13.0 Å². The van der Waals surface area contributed by atoms with Gasteiger partial charge in [-0.2, -0.15) is 5.26 Å². The Hall–Kier alpha value is -1.38. The Bertz CT molecular complexity index is 518. The van der Waals surface area contributed by atoms with E-state index >= 15 is 0 Å². The summed E-state index contributed by atoms with van der Waals surface area (Å²) in [6.07, 6.45) is 0. The highest BCUT2D eigenvalue weighted by atomic mass is 79.9. The molecule has 0 unspecified atom stereocenters. The van der Waals surface area contributed by atoms with E-state index in [1.807, 2.05) is 32.2 Å². The summed E-state index contributed by atoms with van der Waals surface area (Å²) in [7, 11) is 1.97. The van der Waals surface area contributed by atoms with E-state index in [4.69, 9.17) is 0 Å². The number of hydrogen-bond donors (Lipinski definition) is 0. The van der Waals surface area contributed by atoms with Crippen molar-refractivity contribution >= 4 is 21.8 Å². The smallest absolute Gasteiger partial charge is 0.255 e. The fourth-order valence-corrected chi connectivity index (χ4v) is 2.91. The van der Waals surface area contributed by atoms with Crippen LogP contribution in [0.1, 0.15) is 15.9 Å². The highest BCUT2D eigenvalue weighted by molar-refractivity contribution is 9.10. The van der Waals surface area contributed by atoms with Gasteiger partial charge in [0.15, 0.2) is 0 Å². The van der Waals surface area contributed by atoms with Crippen LogP contribution in [0.2, 0.25) is 0 Å². The van der Waals surface area contributed by atoms with Gasteiger partial charge in [0.2, 0.25) is 0 Å². The molecule has 1 aliphatic heterocycles. The second-order valence-electron chi connectivity index (χ2n) is 4.92. The zero-order chi connectivity index (χ0) is 14.0. The van der Waals surface area contributed by atoms with Crippen LogP contribution in [0.25, 0.3) is 0 Å². The Morgan fingerprint density at radius 3 is 2.79 bits per heavy atom. The lowest BCUT2D eigenvalue weighted by Crippen LogP contribution is -2.53. The van der Waals surface area contributed by atoms with Crippen LogP contribution in [0, 0.1) is 18.3 Å². The molecule has 1 heterocycles. The van der Waals surface area contributed by atoms with Crippen molar-refractivity contribution < 1.29 is 4.79 Å². The Morgan fingerprint density at radius 2 is 2.16 bits per heavy atom. The maximum atomic E-state index is 12.5. The molecule has 1 amide bonds. The summed E-state index contributed by atoms with van der Waals surface area (Å²) < 4.78 is 0.887. The first-order valence-electron chi connectivity index (χ1n) is 6.17. The minimum Gasteiger partial charge on any atom is -0.320 e. The third-order valence-corrected chi connectivity index (χ3v) is 3.74. The molecular formula is C14H16BrN3O. The highest BCUT2D eigenvalue weighted by Crippen LogP contribution is 2.19. The summed E-state index contributed by atoms with van der Waals surface area (Å²) in [6.45, 7) is 3.96. The van der Waals surface area contributed by atoms with Gasteiger partial charge in [-0.15, -0.1) is 0 Å². The standard InChI is InChI=1S/C14H16BrN3O/c1-10-5-11(7-12(15)6-10)14(19)18-4-3-17(2)9-13(18)8-16/h5-7,13H,3-4,9H2,1-2H3/t13-/m0/s1. The van der Waals surface area contributed by atoms with Crippen LogP contribution in [-0.2, 0) is 0 Å². The van der Waals surface area contributed by atoms with E-state index in [9.17, 15) is 10.1 Å². The zero-order valence-corrected chi connectivity index (χ0v) is 12.6. The van der Waals surface area contributed by atoms with E-state index in [1.165, 1.54) is 0 Å². The molecular weight excluding hydrogens is 306 g/mol. The SMILES string of the molecule is Cc1cc(Br)cc(C(=O)N2CCN(C)C[C@@H]2C#N)c1. The lowest BCUT2D eigenvalue weighted by Gasteiger charge is -2.36. The van der Waals surface area contributed by atoms with Gasteiger partial charge in [0.25, 0.3) is 5.91 Å². The summed E-state index contributed by atoms with van der Waals surface area (Å²) >= 11 is 3.40. The lowest BCUT2D eigenvalue weighted by molar-refractivity contribution is 0.0585. The predicted molar refractivity (Wildman–Crippen MR) is 76.8 cm³/mol. The van der Waals surface area contributed by atoms with Gasteiger partial charge in [-0.25, -0.2) is 0 Å². The normalized spacial score (nSPS) is 20.1. The van der Waals surface area contributed by atoms with Crippen LogP contribution in [0.15, 0.2) is 22.7 Å². The Balaban J connectivity index is 2.25. The highest BCUT2D eigenvalue weighted by Gasteiger charge is 2.29. The van der Waals surface area contributed by atoms with E-state index in [1.54, 1.807) is 4.90 Å². The first kappa shape index (κ1) is 14.0. The van der Waals surface area contributed by atoms with Gasteiger partial charge < -0.3 is 9.80 Å². The van der Waals surface area contributed by atoms with Gasteiger partial charge in [-0.3, -0.25) is 4.79 Å². The van der Waals surface area contributed by atoms with Crippen molar-refractivity contribution in [3.8, 4) is 6.07 Å². The molecule has 0 aliphatic carbocycles. The average Bonchev–Trinajstić information content (AvgIpc) is 2.36. The van der Waals surface area contributed by atoms with E-state index in [0.717, 1.165) is 16.6 Å². The summed E-state index contributed by atoms with van der Waals surface area (Å²) in [6, 6.07) is 7.48. The van der Waals surface area contributed by atoms with Crippen LogP contribution in [0.4, 0.5) is 0 Å². The first-order valence-corrected chi connectivity index (χ1v) is 6.97. The van der Waals surface area contributed by atoms with Crippen LogP contribution < -0.4 is 0 Å². The second-order valence-corrected chi connectivity index (χ2v) is 5.84. The maximum Gasteiger partial charge on any atom is 0.255 e. The molecule has 100 valence electrons. The number of nitrogens with zero attached hydrogens (tertiary/aromatic N) is 3. The fraction of sp³-hybridized carbons (Fsp3) is 0.429. The Labute approximate surface area is 121 Å². The van der Waals surface area contributed by atoms with Gasteiger partial charge in [0.05, 0.1) is 6.07 Å². The molecule has 0 N–H and O–H groups in total. The summed E-state index contributed by atoms with van der Waals surface area (Å²) in [4.78, 5) is 16.3. The number of amides is 1. The third-order valence-electron chi connectivity index (χ3n) is 3.28. The summed E-state index contributed by atoms with van der Waals surface area (Å²) in [5.74, 6) is -0.0657. The minimum absolute atomic E-state index is 0.0657. The van der Waals surface area contributed by atoms with Gasteiger partial charge in [-0.05, 0) is 37.7 Å². The molecule has 0 radical (unpaired) electrons. The topological polar surface area (TPSA) is 47.3 Å². The molecule has 19 heavy (non-hydrogen) atoms. The van der Waals surface area contributed by atoms with Crippen molar-refractivity contribution in [1.82, 2.24) is 9.80 Å². The van der Waals surface area contributed by atoms with Crippen LogP contribution in [0.5, 0.6) is 0 Å². The molecule has 1 atom stereocenters. The van der Waals surface area contributed by atoms with E-state index in [-0.39, 0.29) is 11.9 Å². The fourth-order valence-electron chi connectivity index (χ4n) is 2.30. The second kappa shape index (κ2) is 5.72. The number of carbonyl (C=O) groups is 1. The number of carbonyl (C=O) groups excluding carboxylic acids is 1. The number of benzene rings is 1. The number of piperazine rings is 1. The average molecular weight is 322 g/mol. The van der Waals surface area contributed by atoms with Crippen LogP contribution in [0.3, 0.4) is 0 Å². The number of hydrogen-bond acceptors (Lipinski definition) is 3. The van der Waals surface area contributed by atoms with Crippen molar-refractivity contribution in [2.24, 2.45) is 0 Å². The van der Waals surface area contributed by atoms with Crippen LogP contribution in [-0.4, -0.2) is 48.4 Å². The molecule has 0 spiro atoms. The molecule has 1 saturated heterocycles. The quantitative estimate of drug-likeness (QED) is 0.795. The number of likely N-dealkylation sites (N-methyl/N-ethyl adjacent to an activating group) is 1. The van der Waals surface area contributed by atoms with Crippen molar-refractivity contribution in [1.29, 1.82) is 5.26 Å². The van der Waals surface area contributed by atoms with Crippen molar-refractivity contribution in [2.75, 3.05) is 26.7 Å². The van der Waals surface area contributed by atoms with Gasteiger partial charge in [-0.1, -0.05) is 15.9 Å². The first-order chi connectivity index (χ1) is 9.01. The molecule has 0 aromatic heterocycles. The molecule has 1 aromatic rings. The molecule has 5 heteroatoms. The molecule has 0 bridgehead atoms. The van der Waals surface area contributed by atoms with Crippen molar-refractivity contribution in [3.05, 3.63) is 33.8 Å². The minimum atomic E-state index is -0.370. The summed E-state index contributed by atoms with van der Waals surface area (Å²) in [5, 5.41) is 9.20. The largest absolute Gasteiger partial charge is 0.320 e. The maximum absolute atomic E-state index is 12.5. The third kappa shape index (κ3) is 3.14. The molecule has 1 aromatic carbocycles. The lowest BCUT2D eigenvalue weighted by atomic mass is 10.1. The van der Waals surface area contributed by atoms with E-state index in [0.29, 0.717) is 18.7 Å². The van der Waals surface area contributed by atoms with Crippen molar-refractivity contribution in [3.63, 3.8) is 0 Å². The van der Waals surface area contributed by atoms with Gasteiger partial charge in [0.1, 0.15) is 6.04 Å². The molecule has 1 fully saturated rings. The Morgan fingerprint density at radius 1 is 1.42 bits per heavy atom. The van der Waals surface area contributed by atoms with Gasteiger partial charge >= 0.3 is 0 Å². The molecule has 4 nitrogen and oxygen atoms in total. The van der Waals surface area contributed by atoms with E-state index < -0.39 is 0 Å². The number of rotatable bonds is 1. The number of halogens is 1. The summed E-state index contributed by atoms with van der Waals surface area (Å²) in [5.41, 5.74) is 1.66. The predicted octanol–water partition coefficient (Wildman–Crippen LogP) is 2.04. The molecule has 2 rings (SSSR count). The van der Waals surface area contributed by atoms with E-state index in [2.05, 4.69) is 26.9 Å². The monoisotopic (exact) mass is 321 g/mol. The van der Waals surface area contributed by atoms with Gasteiger partial charge in [0, 0.05) is 29.7 Å². The molecule has 0 saturated carbocycles. The van der Waals surface area contributed by atoms with Crippen LogP contribution >= 0.6 is 15.9 Å². The number of aryl methyl sites for hydroxylation is 1. The zero-order valence-electron chi connectivity index (χ0n) is 11.1. The Kier molecular flexibility index (Phi) is 4.23. The number of nitriles is 1.